The van der Waals surface area contributed by atoms with Gasteiger partial charge in [-0.15, -0.1) is 0 Å². The number of alkyl halides is 2. The Balaban J connectivity index is 3.64. The minimum Gasteiger partial charge on any atom is -0.280 e. The van der Waals surface area contributed by atoms with Crippen molar-refractivity contribution in [1.82, 2.24) is 0 Å². The molecule has 0 saturated heterocycles. The Morgan fingerprint density at radius 2 is 2.00 bits per heavy atom. The zero-order valence-electron chi connectivity index (χ0n) is 4.20. The van der Waals surface area contributed by atoms with Crippen LogP contribution < -0.4 is 0 Å². The van der Waals surface area contributed by atoms with Crippen LogP contribution >= 0.6 is 43.5 Å². The standard InChI is InChI=1S/C4H5Br2ClO/c1-2(5)3(6)4(7)8/h2-3H,1H3. The van der Waals surface area contributed by atoms with E-state index in [1.54, 1.807) is 0 Å². The Bertz CT molecular complexity index is 94.0. The highest BCUT2D eigenvalue weighted by Gasteiger charge is 2.16. The highest BCUT2D eigenvalue weighted by atomic mass is 79.9. The van der Waals surface area contributed by atoms with Gasteiger partial charge in [-0.2, -0.15) is 0 Å². The zero-order valence-corrected chi connectivity index (χ0v) is 8.12. The molecule has 0 aliphatic rings. The van der Waals surface area contributed by atoms with Crippen LogP contribution in [0.5, 0.6) is 0 Å². The van der Waals surface area contributed by atoms with E-state index in [9.17, 15) is 4.79 Å². The van der Waals surface area contributed by atoms with Gasteiger partial charge < -0.3 is 0 Å². The van der Waals surface area contributed by atoms with E-state index in [4.69, 9.17) is 11.6 Å². The molecule has 0 fully saturated rings. The molecule has 0 aliphatic heterocycles. The molecule has 48 valence electrons. The fraction of sp³-hybridized carbons (Fsp3) is 0.750. The van der Waals surface area contributed by atoms with E-state index in [1.807, 2.05) is 6.92 Å². The van der Waals surface area contributed by atoms with Crippen molar-refractivity contribution >= 4 is 48.7 Å². The third-order valence-corrected chi connectivity index (χ3v) is 3.57. The number of carbonyl (C=O) groups is 1. The summed E-state index contributed by atoms with van der Waals surface area (Å²) in [6.45, 7) is 1.85. The summed E-state index contributed by atoms with van der Waals surface area (Å²) in [6, 6.07) is 0. The van der Waals surface area contributed by atoms with Crippen LogP contribution in [0.25, 0.3) is 0 Å². The van der Waals surface area contributed by atoms with Crippen molar-refractivity contribution in [3.05, 3.63) is 0 Å². The molecule has 0 radical (unpaired) electrons. The highest BCUT2D eigenvalue weighted by molar-refractivity contribution is 9.12. The molecule has 0 amide bonds. The molecule has 0 aromatic carbocycles. The number of halogens is 3. The van der Waals surface area contributed by atoms with Crippen LogP contribution in [0, 0.1) is 0 Å². The first-order valence-electron chi connectivity index (χ1n) is 2.03. The molecule has 1 nitrogen and oxygen atoms in total. The lowest BCUT2D eigenvalue weighted by molar-refractivity contribution is -0.111. The van der Waals surface area contributed by atoms with Crippen LogP contribution in [-0.4, -0.2) is 14.9 Å². The predicted octanol–water partition coefficient (Wildman–Crippen LogP) is 2.30. The lowest BCUT2D eigenvalue weighted by Gasteiger charge is -2.03. The Morgan fingerprint density at radius 1 is 1.62 bits per heavy atom. The summed E-state index contributed by atoms with van der Waals surface area (Å²) in [6.07, 6.45) is 0. The van der Waals surface area contributed by atoms with E-state index in [-0.39, 0.29) is 14.9 Å². The number of hydrogen-bond acceptors (Lipinski definition) is 1. The molecule has 0 aromatic rings. The molecule has 2 atom stereocenters. The summed E-state index contributed by atoms with van der Waals surface area (Å²) in [7, 11) is 0. The van der Waals surface area contributed by atoms with Gasteiger partial charge in [0.1, 0.15) is 4.83 Å². The minimum absolute atomic E-state index is 0.0903. The SMILES string of the molecule is CC(Br)C(Br)C(=O)Cl. The Kier molecular flexibility index (Phi) is 4.30. The van der Waals surface area contributed by atoms with Gasteiger partial charge in [0.05, 0.1) is 0 Å². The normalized spacial score (nSPS) is 17.5. The average molecular weight is 264 g/mol. The van der Waals surface area contributed by atoms with Gasteiger partial charge >= 0.3 is 0 Å². The monoisotopic (exact) mass is 262 g/mol. The van der Waals surface area contributed by atoms with Crippen LogP contribution in [0.15, 0.2) is 0 Å². The van der Waals surface area contributed by atoms with Crippen molar-refractivity contribution in [2.75, 3.05) is 0 Å². The minimum atomic E-state index is -0.366. The van der Waals surface area contributed by atoms with E-state index < -0.39 is 0 Å². The summed E-state index contributed by atoms with van der Waals surface area (Å²) in [5.74, 6) is 0. The number of carbonyl (C=O) groups excluding carboxylic acids is 1. The Labute approximate surface area is 70.0 Å². The van der Waals surface area contributed by atoms with Crippen LogP contribution in [0.4, 0.5) is 0 Å². The topological polar surface area (TPSA) is 17.1 Å². The Morgan fingerprint density at radius 3 is 2.00 bits per heavy atom. The van der Waals surface area contributed by atoms with Crippen molar-refractivity contribution in [3.63, 3.8) is 0 Å². The fourth-order valence-corrected chi connectivity index (χ4v) is 0.762. The maximum absolute atomic E-state index is 10.3. The summed E-state index contributed by atoms with van der Waals surface area (Å²) >= 11 is 11.4. The molecule has 0 N–H and O–H groups in total. The van der Waals surface area contributed by atoms with Gasteiger partial charge in [0.2, 0.25) is 5.24 Å². The summed E-state index contributed by atoms with van der Waals surface area (Å²) in [5.41, 5.74) is 0. The van der Waals surface area contributed by atoms with Gasteiger partial charge in [0.25, 0.3) is 0 Å². The molecule has 2 unspecified atom stereocenters. The molecular formula is C4H5Br2ClO. The maximum atomic E-state index is 10.3. The van der Waals surface area contributed by atoms with Gasteiger partial charge in [-0.05, 0) is 11.6 Å². The molecule has 0 heterocycles. The number of rotatable bonds is 2. The van der Waals surface area contributed by atoms with Crippen molar-refractivity contribution in [1.29, 1.82) is 0 Å². The van der Waals surface area contributed by atoms with Gasteiger partial charge in [0.15, 0.2) is 0 Å². The number of hydrogen-bond donors (Lipinski definition) is 0. The van der Waals surface area contributed by atoms with Crippen molar-refractivity contribution in [2.45, 2.75) is 16.6 Å². The smallest absolute Gasteiger partial charge is 0.236 e. The molecule has 0 aliphatic carbocycles. The van der Waals surface area contributed by atoms with E-state index in [0.717, 1.165) is 0 Å². The molecule has 8 heavy (non-hydrogen) atoms. The zero-order chi connectivity index (χ0) is 6.73. The van der Waals surface area contributed by atoms with E-state index in [0.29, 0.717) is 0 Å². The summed E-state index contributed by atoms with van der Waals surface area (Å²) in [4.78, 5) is 10.1. The maximum Gasteiger partial charge on any atom is 0.236 e. The van der Waals surface area contributed by atoms with Crippen LogP contribution in [-0.2, 0) is 4.79 Å². The second-order valence-corrected chi connectivity index (χ2v) is 4.19. The molecule has 0 rings (SSSR count). The lowest BCUT2D eigenvalue weighted by atomic mass is 10.4. The van der Waals surface area contributed by atoms with Crippen molar-refractivity contribution in [2.24, 2.45) is 0 Å². The summed E-state index contributed by atoms with van der Waals surface area (Å²) < 4.78 is 0. The fourth-order valence-electron chi connectivity index (χ4n) is 0.181. The first-order chi connectivity index (χ1) is 3.55. The molecule has 0 bridgehead atoms. The van der Waals surface area contributed by atoms with Gasteiger partial charge in [-0.25, -0.2) is 0 Å². The van der Waals surface area contributed by atoms with E-state index >= 15 is 0 Å². The van der Waals surface area contributed by atoms with Gasteiger partial charge in [-0.1, -0.05) is 38.8 Å². The van der Waals surface area contributed by atoms with Gasteiger partial charge in [-0.3, -0.25) is 4.79 Å². The van der Waals surface area contributed by atoms with E-state index in [2.05, 4.69) is 31.9 Å². The van der Waals surface area contributed by atoms with E-state index in [1.165, 1.54) is 0 Å². The lowest BCUT2D eigenvalue weighted by Crippen LogP contribution is -2.16. The third-order valence-electron chi connectivity index (χ3n) is 0.620. The quantitative estimate of drug-likeness (QED) is 0.552. The largest absolute Gasteiger partial charge is 0.280 e. The van der Waals surface area contributed by atoms with Crippen LogP contribution in [0.3, 0.4) is 0 Å². The first kappa shape index (κ1) is 8.92. The molecule has 0 spiro atoms. The Hall–Kier alpha value is 0.920. The average Bonchev–Trinajstić information content (AvgIpc) is 1.64. The van der Waals surface area contributed by atoms with Crippen molar-refractivity contribution in [3.8, 4) is 0 Å². The molecule has 0 aromatic heterocycles. The second kappa shape index (κ2) is 3.85. The predicted molar refractivity (Wildman–Crippen MR) is 42.0 cm³/mol. The highest BCUT2D eigenvalue weighted by Crippen LogP contribution is 2.15. The summed E-state index contributed by atoms with van der Waals surface area (Å²) in [5, 5.41) is -0.366. The van der Waals surface area contributed by atoms with Crippen LogP contribution in [0.2, 0.25) is 0 Å². The van der Waals surface area contributed by atoms with Gasteiger partial charge in [0, 0.05) is 4.83 Å². The molecular weight excluding hydrogens is 259 g/mol. The second-order valence-electron chi connectivity index (χ2n) is 1.38. The first-order valence-corrected chi connectivity index (χ1v) is 4.24. The van der Waals surface area contributed by atoms with Crippen molar-refractivity contribution < 1.29 is 4.79 Å². The third kappa shape index (κ3) is 3.05. The molecule has 0 saturated carbocycles. The molecule has 4 heteroatoms. The van der Waals surface area contributed by atoms with Crippen LogP contribution in [0.1, 0.15) is 6.92 Å².